The van der Waals surface area contributed by atoms with Crippen molar-refractivity contribution in [1.82, 2.24) is 0 Å². The van der Waals surface area contributed by atoms with Gasteiger partial charge in [-0.1, -0.05) is 0 Å². The Balaban J connectivity index is 0. The van der Waals surface area contributed by atoms with E-state index < -0.39 is 15.2 Å². The molecule has 0 radical (unpaired) electrons. The summed E-state index contributed by atoms with van der Waals surface area (Å²) in [4.78, 5) is 20.0. The molecule has 0 aromatic carbocycles. The molecule has 0 aliphatic rings. The molecular formula is C5H15NO6P2-2. The molecule has 9 heteroatoms. The van der Waals surface area contributed by atoms with E-state index in [2.05, 4.69) is 9.05 Å². The zero-order valence-corrected chi connectivity index (χ0v) is 10.1. The van der Waals surface area contributed by atoms with Crippen LogP contribution in [0.25, 0.3) is 0 Å². The van der Waals surface area contributed by atoms with Crippen LogP contribution in [-0.4, -0.2) is 26.7 Å². The van der Waals surface area contributed by atoms with Crippen molar-refractivity contribution in [2.24, 2.45) is 5.73 Å². The van der Waals surface area contributed by atoms with Crippen molar-refractivity contribution in [2.75, 3.05) is 26.7 Å². The molecule has 0 aromatic rings. The van der Waals surface area contributed by atoms with E-state index in [1.807, 2.05) is 0 Å². The fourth-order valence-electron chi connectivity index (χ4n) is 0.370. The molecule has 7 nitrogen and oxygen atoms in total. The van der Waals surface area contributed by atoms with Crippen molar-refractivity contribution in [1.29, 1.82) is 0 Å². The summed E-state index contributed by atoms with van der Waals surface area (Å²) >= 11 is 0. The second kappa shape index (κ2) is 7.54. The Kier molecular flexibility index (Phi) is 8.98. The third-order valence-electron chi connectivity index (χ3n) is 0.673. The summed E-state index contributed by atoms with van der Waals surface area (Å²) in [7, 11) is -6.96. The predicted molar refractivity (Wildman–Crippen MR) is 48.8 cm³/mol. The average Bonchev–Trinajstić information content (AvgIpc) is 1.81. The van der Waals surface area contributed by atoms with Crippen molar-refractivity contribution in [2.45, 2.75) is 6.92 Å². The van der Waals surface area contributed by atoms with Crippen LogP contribution in [0.15, 0.2) is 0 Å². The van der Waals surface area contributed by atoms with Gasteiger partial charge in [0.1, 0.15) is 21.9 Å². The number of hydrogen-bond donors (Lipinski definition) is 1. The predicted octanol–water partition coefficient (Wildman–Crippen LogP) is -0.691. The van der Waals surface area contributed by atoms with E-state index in [9.17, 15) is 18.9 Å². The fraction of sp³-hybridized carbons (Fsp3) is 1.00. The lowest BCUT2D eigenvalue weighted by Gasteiger charge is -2.15. The molecule has 0 saturated heterocycles. The quantitative estimate of drug-likeness (QED) is 0.514. The lowest BCUT2D eigenvalue weighted by Crippen LogP contribution is -2.08. The SMILES string of the molecule is CCOP(C)(=O)[O-].CP(=O)([O-])OCN. The summed E-state index contributed by atoms with van der Waals surface area (Å²) in [6, 6.07) is 0. The molecule has 0 amide bonds. The zero-order chi connectivity index (χ0) is 11.8. The van der Waals surface area contributed by atoms with Crippen LogP contribution in [0, 0.1) is 0 Å². The number of rotatable bonds is 4. The van der Waals surface area contributed by atoms with Crippen LogP contribution in [0.3, 0.4) is 0 Å². The first-order chi connectivity index (χ1) is 6.12. The van der Waals surface area contributed by atoms with Gasteiger partial charge in [0.25, 0.3) is 0 Å². The van der Waals surface area contributed by atoms with Crippen molar-refractivity contribution >= 4 is 15.2 Å². The average molecular weight is 247 g/mol. The van der Waals surface area contributed by atoms with Gasteiger partial charge in [0, 0.05) is 13.3 Å². The Morgan fingerprint density at radius 1 is 1.14 bits per heavy atom. The Morgan fingerprint density at radius 3 is 1.50 bits per heavy atom. The van der Waals surface area contributed by atoms with Crippen LogP contribution in [0.2, 0.25) is 0 Å². The molecule has 0 spiro atoms. The standard InChI is InChI=1S/C3H9O3P.C2H8NO3P/c1-3-6-7(2,4)5;1-7(4,5)6-2-3/h3H2,1-2H3,(H,4,5);2-3H2,1H3,(H,4,5)/p-2. The molecule has 0 fully saturated rings. The van der Waals surface area contributed by atoms with Crippen LogP contribution < -0.4 is 15.5 Å². The van der Waals surface area contributed by atoms with Crippen LogP contribution in [-0.2, 0) is 18.2 Å². The molecule has 0 bridgehead atoms. The van der Waals surface area contributed by atoms with Gasteiger partial charge in [0.05, 0.1) is 6.61 Å². The molecule has 14 heavy (non-hydrogen) atoms. The molecule has 0 heterocycles. The minimum atomic E-state index is -3.54. The van der Waals surface area contributed by atoms with E-state index >= 15 is 0 Å². The minimum absolute atomic E-state index is 0.233. The summed E-state index contributed by atoms with van der Waals surface area (Å²) in [5, 5.41) is 0. The maximum absolute atomic E-state index is 10.0. The van der Waals surface area contributed by atoms with Gasteiger partial charge in [-0.15, -0.1) is 0 Å². The van der Waals surface area contributed by atoms with Gasteiger partial charge in [-0.3, -0.25) is 0 Å². The Bertz CT molecular complexity index is 196. The van der Waals surface area contributed by atoms with E-state index in [1.54, 1.807) is 6.92 Å². The maximum atomic E-state index is 10.0. The Labute approximate surface area is 83.3 Å². The van der Waals surface area contributed by atoms with Crippen LogP contribution in [0.1, 0.15) is 6.92 Å². The van der Waals surface area contributed by atoms with Gasteiger partial charge in [0.2, 0.25) is 0 Å². The van der Waals surface area contributed by atoms with Crippen molar-refractivity contribution in [3.63, 3.8) is 0 Å². The second-order valence-corrected chi connectivity index (χ2v) is 5.86. The molecule has 88 valence electrons. The molecule has 0 rings (SSSR count). The normalized spacial score (nSPS) is 18.7. The molecular weight excluding hydrogens is 232 g/mol. The van der Waals surface area contributed by atoms with E-state index in [-0.39, 0.29) is 13.3 Å². The molecule has 0 aliphatic heterocycles. The molecule has 0 saturated carbocycles. The topological polar surface area (TPSA) is 125 Å². The van der Waals surface area contributed by atoms with Gasteiger partial charge in [-0.2, -0.15) is 0 Å². The summed E-state index contributed by atoms with van der Waals surface area (Å²) in [6.07, 6.45) is 0. The highest BCUT2D eigenvalue weighted by Crippen LogP contribution is 2.30. The monoisotopic (exact) mass is 247 g/mol. The van der Waals surface area contributed by atoms with Gasteiger partial charge >= 0.3 is 0 Å². The Hall–Kier alpha value is 0.260. The van der Waals surface area contributed by atoms with Gasteiger partial charge in [0.15, 0.2) is 0 Å². The van der Waals surface area contributed by atoms with Crippen molar-refractivity contribution < 1.29 is 28.0 Å². The zero-order valence-electron chi connectivity index (χ0n) is 8.34. The number of nitrogens with two attached hydrogens (primary N) is 1. The lowest BCUT2D eigenvalue weighted by atomic mass is 10.9. The van der Waals surface area contributed by atoms with Crippen LogP contribution >= 0.6 is 15.2 Å². The fourth-order valence-corrected chi connectivity index (χ4v) is 1.11. The third kappa shape index (κ3) is 22.8. The van der Waals surface area contributed by atoms with Crippen LogP contribution in [0.4, 0.5) is 0 Å². The highest BCUT2D eigenvalue weighted by Gasteiger charge is 1.92. The minimum Gasteiger partial charge on any atom is -0.779 e. The van der Waals surface area contributed by atoms with Crippen molar-refractivity contribution in [3.8, 4) is 0 Å². The molecule has 0 aromatic heterocycles. The molecule has 0 aliphatic carbocycles. The first kappa shape index (κ1) is 16.7. The molecule has 2 atom stereocenters. The van der Waals surface area contributed by atoms with E-state index in [0.717, 1.165) is 13.3 Å². The Morgan fingerprint density at radius 2 is 1.50 bits per heavy atom. The molecule has 2 N–H and O–H groups in total. The smallest absolute Gasteiger partial charge is 0.133 e. The second-order valence-electron chi connectivity index (χ2n) is 2.26. The number of hydrogen-bond acceptors (Lipinski definition) is 7. The van der Waals surface area contributed by atoms with E-state index in [1.165, 1.54) is 0 Å². The van der Waals surface area contributed by atoms with Crippen molar-refractivity contribution in [3.05, 3.63) is 0 Å². The van der Waals surface area contributed by atoms with E-state index in [4.69, 9.17) is 5.73 Å². The summed E-state index contributed by atoms with van der Waals surface area (Å²) in [6.45, 7) is 3.62. The van der Waals surface area contributed by atoms with Gasteiger partial charge in [-0.05, 0) is 6.92 Å². The molecule has 2 unspecified atom stereocenters. The first-order valence-corrected chi connectivity index (χ1v) is 7.66. The summed E-state index contributed by atoms with van der Waals surface area (Å²) in [5.74, 6) is 0. The third-order valence-corrected chi connectivity index (χ3v) is 2.02. The summed E-state index contributed by atoms with van der Waals surface area (Å²) in [5.41, 5.74) is 4.72. The maximum Gasteiger partial charge on any atom is 0.133 e. The van der Waals surface area contributed by atoms with Crippen LogP contribution in [0.5, 0.6) is 0 Å². The van der Waals surface area contributed by atoms with E-state index in [0.29, 0.717) is 0 Å². The lowest BCUT2D eigenvalue weighted by molar-refractivity contribution is -0.197. The highest BCUT2D eigenvalue weighted by atomic mass is 31.2. The summed E-state index contributed by atoms with van der Waals surface area (Å²) < 4.78 is 28.2. The largest absolute Gasteiger partial charge is 0.779 e. The first-order valence-electron chi connectivity index (χ1n) is 3.68. The highest BCUT2D eigenvalue weighted by molar-refractivity contribution is 7.50. The van der Waals surface area contributed by atoms with Gasteiger partial charge < -0.3 is 33.7 Å². The van der Waals surface area contributed by atoms with Gasteiger partial charge in [-0.25, -0.2) is 0 Å².